The fourth-order valence-electron chi connectivity index (χ4n) is 1.46. The van der Waals surface area contributed by atoms with Crippen molar-refractivity contribution in [3.05, 3.63) is 0 Å². The minimum Gasteiger partial charge on any atom is -0.481 e. The summed E-state index contributed by atoms with van der Waals surface area (Å²) in [5.74, 6) is -3.40. The second-order valence-electron chi connectivity index (χ2n) is 3.06. The van der Waals surface area contributed by atoms with Crippen molar-refractivity contribution in [3.63, 3.8) is 0 Å². The summed E-state index contributed by atoms with van der Waals surface area (Å²) in [4.78, 5) is 32.3. The standard InChI is InChI=1S/C7H9NO6/c9-5(10)3-1-4(6(11)12)8(2-3)7(13)14/h3-4H,1-2H2,(H,9,10)(H,11,12)(H,13,14). The minimum absolute atomic E-state index is 0.170. The fourth-order valence-corrected chi connectivity index (χ4v) is 1.46. The number of likely N-dealkylation sites (tertiary alicyclic amines) is 1. The Morgan fingerprint density at radius 3 is 1.93 bits per heavy atom. The SMILES string of the molecule is O=C(O)C1CC(C(=O)O)N(C(=O)O)C1. The number of nitrogens with zero attached hydrogens (tertiary/aromatic N) is 1. The highest BCUT2D eigenvalue weighted by Crippen LogP contribution is 2.23. The van der Waals surface area contributed by atoms with Gasteiger partial charge in [-0.25, -0.2) is 9.59 Å². The van der Waals surface area contributed by atoms with Crippen molar-refractivity contribution in [3.8, 4) is 0 Å². The van der Waals surface area contributed by atoms with Gasteiger partial charge in [-0.3, -0.25) is 9.69 Å². The Bertz CT molecular complexity index is 266. The molecule has 14 heavy (non-hydrogen) atoms. The molecule has 2 unspecified atom stereocenters. The molecular formula is C7H9NO6. The Morgan fingerprint density at radius 1 is 1.07 bits per heavy atom. The first-order valence-corrected chi connectivity index (χ1v) is 3.88. The Labute approximate surface area is 78.6 Å². The van der Waals surface area contributed by atoms with Crippen LogP contribution in [0.3, 0.4) is 0 Å². The quantitative estimate of drug-likeness (QED) is 0.558. The van der Waals surface area contributed by atoms with Crippen molar-refractivity contribution in [1.82, 2.24) is 4.90 Å². The van der Waals surface area contributed by atoms with Crippen LogP contribution in [-0.2, 0) is 9.59 Å². The van der Waals surface area contributed by atoms with E-state index < -0.39 is 30.0 Å². The predicted molar refractivity (Wildman–Crippen MR) is 41.9 cm³/mol. The molecule has 2 atom stereocenters. The van der Waals surface area contributed by atoms with E-state index in [0.717, 1.165) is 0 Å². The Hall–Kier alpha value is -1.79. The summed E-state index contributed by atoms with van der Waals surface area (Å²) in [6.45, 7) is -0.262. The van der Waals surface area contributed by atoms with Crippen LogP contribution in [-0.4, -0.2) is 50.8 Å². The van der Waals surface area contributed by atoms with Crippen molar-refractivity contribution < 1.29 is 29.7 Å². The molecule has 1 rings (SSSR count). The third kappa shape index (κ3) is 1.76. The van der Waals surface area contributed by atoms with Gasteiger partial charge < -0.3 is 15.3 Å². The maximum absolute atomic E-state index is 10.6. The number of rotatable bonds is 2. The van der Waals surface area contributed by atoms with Gasteiger partial charge in [0.1, 0.15) is 6.04 Å². The fraction of sp³-hybridized carbons (Fsp3) is 0.571. The van der Waals surface area contributed by atoms with Gasteiger partial charge in [0.05, 0.1) is 5.92 Å². The zero-order chi connectivity index (χ0) is 10.9. The normalized spacial score (nSPS) is 26.1. The van der Waals surface area contributed by atoms with Crippen LogP contribution in [0.4, 0.5) is 4.79 Å². The molecule has 3 N–H and O–H groups in total. The molecule has 0 spiro atoms. The number of amides is 1. The molecule has 0 aromatic heterocycles. The van der Waals surface area contributed by atoms with Crippen molar-refractivity contribution in [1.29, 1.82) is 0 Å². The first kappa shape index (κ1) is 10.3. The predicted octanol–water partition coefficient (Wildman–Crippen LogP) is -0.476. The molecule has 0 aromatic carbocycles. The van der Waals surface area contributed by atoms with Crippen molar-refractivity contribution in [2.45, 2.75) is 12.5 Å². The van der Waals surface area contributed by atoms with Gasteiger partial charge in [-0.15, -0.1) is 0 Å². The Morgan fingerprint density at radius 2 is 1.64 bits per heavy atom. The lowest BCUT2D eigenvalue weighted by atomic mass is 10.1. The topological polar surface area (TPSA) is 115 Å². The lowest BCUT2D eigenvalue weighted by molar-refractivity contribution is -0.141. The zero-order valence-corrected chi connectivity index (χ0v) is 7.08. The first-order chi connectivity index (χ1) is 6.43. The Balaban J connectivity index is 2.80. The van der Waals surface area contributed by atoms with E-state index in [9.17, 15) is 14.4 Å². The highest BCUT2D eigenvalue weighted by molar-refractivity contribution is 5.82. The number of carbonyl (C=O) groups is 3. The van der Waals surface area contributed by atoms with Crippen molar-refractivity contribution in [2.75, 3.05) is 6.54 Å². The van der Waals surface area contributed by atoms with Gasteiger partial charge in [0.15, 0.2) is 0 Å². The van der Waals surface area contributed by atoms with Crippen LogP contribution in [0.5, 0.6) is 0 Å². The molecule has 0 aliphatic carbocycles. The molecule has 7 nitrogen and oxygen atoms in total. The molecule has 1 saturated heterocycles. The van der Waals surface area contributed by atoms with E-state index >= 15 is 0 Å². The molecule has 1 heterocycles. The molecule has 1 fully saturated rings. The zero-order valence-electron chi connectivity index (χ0n) is 7.08. The smallest absolute Gasteiger partial charge is 0.408 e. The van der Waals surface area contributed by atoms with Crippen LogP contribution in [0, 0.1) is 5.92 Å². The third-order valence-corrected chi connectivity index (χ3v) is 2.18. The van der Waals surface area contributed by atoms with Crippen LogP contribution in [0.15, 0.2) is 0 Å². The molecule has 1 aliphatic heterocycles. The molecule has 1 aliphatic rings. The van der Waals surface area contributed by atoms with Gasteiger partial charge in [-0.05, 0) is 6.42 Å². The highest BCUT2D eigenvalue weighted by Gasteiger charge is 2.42. The summed E-state index contributed by atoms with van der Waals surface area (Å²) < 4.78 is 0. The van der Waals surface area contributed by atoms with Gasteiger partial charge in [-0.2, -0.15) is 0 Å². The number of hydrogen-bond acceptors (Lipinski definition) is 3. The van der Waals surface area contributed by atoms with E-state index in [4.69, 9.17) is 15.3 Å². The number of carboxylic acid groups (broad SMARTS) is 3. The van der Waals surface area contributed by atoms with Gasteiger partial charge >= 0.3 is 18.0 Å². The molecule has 7 heteroatoms. The summed E-state index contributed by atoms with van der Waals surface area (Å²) in [6, 6.07) is -1.24. The van der Waals surface area contributed by atoms with E-state index in [-0.39, 0.29) is 13.0 Å². The second-order valence-corrected chi connectivity index (χ2v) is 3.06. The van der Waals surface area contributed by atoms with Crippen LogP contribution >= 0.6 is 0 Å². The average molecular weight is 203 g/mol. The second kappa shape index (κ2) is 3.52. The molecule has 0 radical (unpaired) electrons. The van der Waals surface area contributed by atoms with Gasteiger partial charge in [0.25, 0.3) is 0 Å². The first-order valence-electron chi connectivity index (χ1n) is 3.88. The van der Waals surface area contributed by atoms with E-state index in [1.165, 1.54) is 0 Å². The van der Waals surface area contributed by atoms with Crippen LogP contribution < -0.4 is 0 Å². The Kier molecular flexibility index (Phi) is 2.59. The monoisotopic (exact) mass is 203 g/mol. The van der Waals surface area contributed by atoms with Crippen molar-refractivity contribution >= 4 is 18.0 Å². The van der Waals surface area contributed by atoms with Crippen molar-refractivity contribution in [2.24, 2.45) is 5.92 Å². The molecule has 0 bridgehead atoms. The summed E-state index contributed by atoms with van der Waals surface area (Å²) in [6.07, 6.45) is -1.57. The largest absolute Gasteiger partial charge is 0.481 e. The summed E-state index contributed by atoms with van der Waals surface area (Å²) in [5, 5.41) is 25.8. The molecule has 1 amide bonds. The molecule has 78 valence electrons. The lowest BCUT2D eigenvalue weighted by Crippen LogP contribution is -2.39. The number of carboxylic acids is 2. The van der Waals surface area contributed by atoms with E-state index in [1.807, 2.05) is 0 Å². The van der Waals surface area contributed by atoms with Gasteiger partial charge in [0, 0.05) is 6.54 Å². The number of aliphatic carboxylic acids is 2. The molecular weight excluding hydrogens is 194 g/mol. The minimum atomic E-state index is -1.40. The summed E-state index contributed by atoms with van der Waals surface area (Å²) in [7, 11) is 0. The molecule has 0 saturated carbocycles. The maximum atomic E-state index is 10.6. The van der Waals surface area contributed by atoms with E-state index in [1.54, 1.807) is 0 Å². The van der Waals surface area contributed by atoms with E-state index in [0.29, 0.717) is 4.90 Å². The summed E-state index contributed by atoms with van der Waals surface area (Å²) >= 11 is 0. The van der Waals surface area contributed by atoms with Crippen LogP contribution in [0.1, 0.15) is 6.42 Å². The third-order valence-electron chi connectivity index (χ3n) is 2.18. The molecule has 0 aromatic rings. The summed E-state index contributed by atoms with van der Waals surface area (Å²) in [5.41, 5.74) is 0. The van der Waals surface area contributed by atoms with E-state index in [2.05, 4.69) is 0 Å². The van der Waals surface area contributed by atoms with Gasteiger partial charge in [0.2, 0.25) is 0 Å². The lowest BCUT2D eigenvalue weighted by Gasteiger charge is -2.16. The van der Waals surface area contributed by atoms with Gasteiger partial charge in [-0.1, -0.05) is 0 Å². The average Bonchev–Trinajstić information content (AvgIpc) is 2.47. The maximum Gasteiger partial charge on any atom is 0.408 e. The van der Waals surface area contributed by atoms with Crippen LogP contribution in [0.2, 0.25) is 0 Å². The highest BCUT2D eigenvalue weighted by atomic mass is 16.4. The van der Waals surface area contributed by atoms with Crippen LogP contribution in [0.25, 0.3) is 0 Å². The number of hydrogen-bond donors (Lipinski definition) is 3.